The predicted octanol–water partition coefficient (Wildman–Crippen LogP) is -0.333. The summed E-state index contributed by atoms with van der Waals surface area (Å²) in [4.78, 5) is 31.0. The molecule has 1 amide bonds. The molecule has 0 bridgehead atoms. The number of carboxylic acids is 2. The SMILES string of the molecule is O=C(O)[C@@H]1CCN1.O=C(O)[C@@H]1CCN1C(=O)C(F)(F)F. The zero-order chi connectivity index (χ0) is 15.5. The van der Waals surface area contributed by atoms with Crippen LogP contribution >= 0.6 is 0 Å². The summed E-state index contributed by atoms with van der Waals surface area (Å²) in [5.41, 5.74) is 0. The van der Waals surface area contributed by atoms with Crippen LogP contribution in [-0.2, 0) is 14.4 Å². The summed E-state index contributed by atoms with van der Waals surface area (Å²) in [7, 11) is 0. The molecule has 2 heterocycles. The summed E-state index contributed by atoms with van der Waals surface area (Å²) in [6, 6.07) is -1.56. The molecule has 20 heavy (non-hydrogen) atoms. The molecule has 2 fully saturated rings. The number of nitrogens with zero attached hydrogens (tertiary/aromatic N) is 1. The Bertz CT molecular complexity index is 408. The number of nitrogens with one attached hydrogen (secondary N) is 1. The number of alkyl halides is 3. The lowest BCUT2D eigenvalue weighted by Gasteiger charge is -2.37. The summed E-state index contributed by atoms with van der Waals surface area (Å²) in [6.45, 7) is 0.715. The number of carbonyl (C=O) groups is 3. The third kappa shape index (κ3) is 3.83. The van der Waals surface area contributed by atoms with E-state index in [1.165, 1.54) is 0 Å². The fraction of sp³-hybridized carbons (Fsp3) is 0.700. The number of carbonyl (C=O) groups excluding carboxylic acids is 1. The van der Waals surface area contributed by atoms with Gasteiger partial charge < -0.3 is 20.4 Å². The number of rotatable bonds is 2. The quantitative estimate of drug-likeness (QED) is 0.644. The van der Waals surface area contributed by atoms with Crippen molar-refractivity contribution in [3.05, 3.63) is 0 Å². The topological polar surface area (TPSA) is 107 Å². The molecule has 0 unspecified atom stereocenters. The molecular weight excluding hydrogens is 285 g/mol. The molecule has 0 aromatic heterocycles. The Morgan fingerprint density at radius 2 is 1.65 bits per heavy atom. The first-order valence-corrected chi connectivity index (χ1v) is 5.71. The van der Waals surface area contributed by atoms with Crippen LogP contribution in [0.3, 0.4) is 0 Å². The van der Waals surface area contributed by atoms with Crippen molar-refractivity contribution in [3.63, 3.8) is 0 Å². The molecule has 2 rings (SSSR count). The van der Waals surface area contributed by atoms with E-state index in [9.17, 15) is 27.6 Å². The van der Waals surface area contributed by atoms with Gasteiger partial charge >= 0.3 is 24.0 Å². The summed E-state index contributed by atoms with van der Waals surface area (Å²) in [6.07, 6.45) is -4.11. The minimum Gasteiger partial charge on any atom is -0.480 e. The maximum atomic E-state index is 11.8. The lowest BCUT2D eigenvalue weighted by molar-refractivity contribution is -0.195. The van der Waals surface area contributed by atoms with Crippen LogP contribution in [-0.4, -0.2) is 64.3 Å². The molecule has 0 radical (unpaired) electrons. The van der Waals surface area contributed by atoms with Crippen LogP contribution in [0, 0.1) is 0 Å². The number of hydrogen-bond acceptors (Lipinski definition) is 4. The van der Waals surface area contributed by atoms with Gasteiger partial charge in [0.1, 0.15) is 12.1 Å². The lowest BCUT2D eigenvalue weighted by Crippen LogP contribution is -2.58. The molecule has 10 heteroatoms. The van der Waals surface area contributed by atoms with Crippen molar-refractivity contribution in [3.8, 4) is 0 Å². The molecule has 2 saturated heterocycles. The molecule has 0 aromatic rings. The highest BCUT2D eigenvalue weighted by molar-refractivity contribution is 5.88. The van der Waals surface area contributed by atoms with Gasteiger partial charge in [0.2, 0.25) is 0 Å². The highest BCUT2D eigenvalue weighted by Crippen LogP contribution is 2.26. The van der Waals surface area contributed by atoms with E-state index in [2.05, 4.69) is 5.32 Å². The molecule has 3 N–H and O–H groups in total. The van der Waals surface area contributed by atoms with Gasteiger partial charge in [-0.15, -0.1) is 0 Å². The zero-order valence-electron chi connectivity index (χ0n) is 10.2. The van der Waals surface area contributed by atoms with Gasteiger partial charge in [-0.2, -0.15) is 13.2 Å². The van der Waals surface area contributed by atoms with Crippen LogP contribution < -0.4 is 5.32 Å². The normalized spacial score (nSPS) is 24.6. The number of carboxylic acid groups (broad SMARTS) is 2. The number of halogens is 3. The first-order valence-electron chi connectivity index (χ1n) is 5.71. The van der Waals surface area contributed by atoms with E-state index in [1.807, 2.05) is 0 Å². The van der Waals surface area contributed by atoms with Crippen molar-refractivity contribution in [2.75, 3.05) is 13.1 Å². The van der Waals surface area contributed by atoms with Crippen LogP contribution in [0.4, 0.5) is 13.2 Å². The van der Waals surface area contributed by atoms with Crippen LogP contribution in [0.25, 0.3) is 0 Å². The lowest BCUT2D eigenvalue weighted by atomic mass is 10.0. The Morgan fingerprint density at radius 3 is 1.80 bits per heavy atom. The number of hydrogen-bond donors (Lipinski definition) is 3. The van der Waals surface area contributed by atoms with E-state index in [0.717, 1.165) is 13.0 Å². The molecular formula is C10H13F3N2O5. The van der Waals surface area contributed by atoms with Crippen molar-refractivity contribution in [2.45, 2.75) is 31.1 Å². The minimum atomic E-state index is -4.98. The van der Waals surface area contributed by atoms with Crippen molar-refractivity contribution < 1.29 is 37.8 Å². The third-order valence-corrected chi connectivity index (χ3v) is 2.93. The smallest absolute Gasteiger partial charge is 0.471 e. The van der Waals surface area contributed by atoms with E-state index >= 15 is 0 Å². The van der Waals surface area contributed by atoms with Crippen molar-refractivity contribution in [1.82, 2.24) is 10.2 Å². The molecule has 2 aliphatic rings. The zero-order valence-corrected chi connectivity index (χ0v) is 10.2. The Balaban J connectivity index is 0.000000240. The molecule has 0 aromatic carbocycles. The summed E-state index contributed by atoms with van der Waals surface area (Å²) < 4.78 is 35.3. The molecule has 0 aliphatic carbocycles. The fourth-order valence-electron chi connectivity index (χ4n) is 1.55. The molecule has 2 aliphatic heterocycles. The first-order chi connectivity index (χ1) is 9.14. The average Bonchev–Trinajstić information content (AvgIpc) is 2.09. The average molecular weight is 298 g/mol. The van der Waals surface area contributed by atoms with Gasteiger partial charge in [-0.25, -0.2) is 4.79 Å². The molecule has 7 nitrogen and oxygen atoms in total. The molecule has 2 atom stereocenters. The molecule has 0 spiro atoms. The second kappa shape index (κ2) is 6.07. The largest absolute Gasteiger partial charge is 0.480 e. The van der Waals surface area contributed by atoms with Gasteiger partial charge in [0.05, 0.1) is 0 Å². The van der Waals surface area contributed by atoms with Crippen LogP contribution in [0.1, 0.15) is 12.8 Å². The van der Waals surface area contributed by atoms with Gasteiger partial charge in [0.15, 0.2) is 0 Å². The van der Waals surface area contributed by atoms with Crippen molar-refractivity contribution in [1.29, 1.82) is 0 Å². The van der Waals surface area contributed by atoms with E-state index < -0.39 is 30.1 Å². The van der Waals surface area contributed by atoms with Crippen molar-refractivity contribution in [2.24, 2.45) is 0 Å². The Morgan fingerprint density at radius 1 is 1.10 bits per heavy atom. The first kappa shape index (κ1) is 16.2. The van der Waals surface area contributed by atoms with Crippen LogP contribution in [0.5, 0.6) is 0 Å². The van der Waals surface area contributed by atoms with Gasteiger partial charge in [0.25, 0.3) is 0 Å². The van der Waals surface area contributed by atoms with Gasteiger partial charge in [-0.1, -0.05) is 0 Å². The van der Waals surface area contributed by atoms with Crippen molar-refractivity contribution >= 4 is 17.8 Å². The maximum absolute atomic E-state index is 11.8. The van der Waals surface area contributed by atoms with E-state index in [0.29, 0.717) is 4.90 Å². The number of likely N-dealkylation sites (tertiary alicyclic amines) is 1. The highest BCUT2D eigenvalue weighted by atomic mass is 19.4. The predicted molar refractivity (Wildman–Crippen MR) is 57.9 cm³/mol. The summed E-state index contributed by atoms with van der Waals surface area (Å²) in [5.74, 6) is -4.21. The fourth-order valence-corrected chi connectivity index (χ4v) is 1.55. The second-order valence-electron chi connectivity index (χ2n) is 4.27. The van der Waals surface area contributed by atoms with Gasteiger partial charge in [-0.3, -0.25) is 9.59 Å². The summed E-state index contributed by atoms with van der Waals surface area (Å²) >= 11 is 0. The standard InChI is InChI=1S/C6H6F3NO3.C4H7NO2/c7-6(8,9)5(13)10-2-1-3(10)4(11)12;6-4(7)3-1-2-5-3/h3H,1-2H2,(H,11,12);3,5H,1-2H2,(H,6,7)/t2*3-/m00/s1. The highest BCUT2D eigenvalue weighted by Gasteiger charge is 2.49. The Labute approximate surface area is 111 Å². The second-order valence-corrected chi connectivity index (χ2v) is 4.27. The molecule has 0 saturated carbocycles. The number of aliphatic carboxylic acids is 2. The van der Waals surface area contributed by atoms with Gasteiger partial charge in [-0.05, 0) is 19.4 Å². The van der Waals surface area contributed by atoms with Crippen LogP contribution in [0.15, 0.2) is 0 Å². The van der Waals surface area contributed by atoms with Crippen LogP contribution in [0.2, 0.25) is 0 Å². The Kier molecular flexibility index (Phi) is 4.93. The summed E-state index contributed by atoms with van der Waals surface area (Å²) in [5, 5.41) is 19.3. The number of amides is 1. The molecule has 114 valence electrons. The van der Waals surface area contributed by atoms with E-state index in [1.54, 1.807) is 0 Å². The monoisotopic (exact) mass is 298 g/mol. The van der Waals surface area contributed by atoms with E-state index in [4.69, 9.17) is 10.2 Å². The van der Waals surface area contributed by atoms with E-state index in [-0.39, 0.29) is 19.0 Å². The maximum Gasteiger partial charge on any atom is 0.471 e. The third-order valence-electron chi connectivity index (χ3n) is 2.93. The van der Waals surface area contributed by atoms with Gasteiger partial charge in [0, 0.05) is 6.54 Å². The Hall–Kier alpha value is -1.84. The minimum absolute atomic E-state index is 0.0805.